The van der Waals surface area contributed by atoms with Crippen molar-refractivity contribution < 1.29 is 13.2 Å². The number of hydrogen-bond donors (Lipinski definition) is 1. The van der Waals surface area contributed by atoms with Gasteiger partial charge in [-0.3, -0.25) is 0 Å². The molecule has 2 heterocycles. The van der Waals surface area contributed by atoms with Crippen molar-refractivity contribution in [1.82, 2.24) is 9.97 Å². The molecule has 0 spiro atoms. The second-order valence-electron chi connectivity index (χ2n) is 6.16. The van der Waals surface area contributed by atoms with Crippen LogP contribution in [0, 0.1) is 0 Å². The third-order valence-corrected chi connectivity index (χ3v) is 4.63. The average Bonchev–Trinajstić information content (AvgIpc) is 2.83. The largest absolute Gasteiger partial charge is 0.416 e. The lowest BCUT2D eigenvalue weighted by Crippen LogP contribution is -2.25. The molecule has 2 aromatic rings. The van der Waals surface area contributed by atoms with Crippen molar-refractivity contribution in [3.63, 3.8) is 0 Å². The van der Waals surface area contributed by atoms with Gasteiger partial charge in [-0.05, 0) is 35.8 Å². The second kappa shape index (κ2) is 7.60. The molecule has 3 rings (SSSR count). The zero-order chi connectivity index (χ0) is 19.6. The van der Waals surface area contributed by atoms with Crippen LogP contribution in [0.25, 0.3) is 5.57 Å². The third kappa shape index (κ3) is 4.24. The molecular weight excluding hydrogens is 377 g/mol. The SMILES string of the molecule is C=CC(=C)c1cnc2c(n1)N(Cc1cc(C(F)(F)F)ccc1Cl)CCCN2. The van der Waals surface area contributed by atoms with E-state index in [2.05, 4.69) is 28.4 Å². The summed E-state index contributed by atoms with van der Waals surface area (Å²) in [5.41, 5.74) is 0.836. The van der Waals surface area contributed by atoms with Crippen LogP contribution >= 0.6 is 11.6 Å². The topological polar surface area (TPSA) is 41.1 Å². The predicted octanol–water partition coefficient (Wildman–Crippen LogP) is 5.17. The Hall–Kier alpha value is -2.54. The number of halogens is 4. The normalized spacial score (nSPS) is 14.1. The van der Waals surface area contributed by atoms with E-state index in [9.17, 15) is 13.2 Å². The van der Waals surface area contributed by atoms with E-state index in [1.165, 1.54) is 6.07 Å². The smallest absolute Gasteiger partial charge is 0.367 e. The van der Waals surface area contributed by atoms with Crippen molar-refractivity contribution in [1.29, 1.82) is 0 Å². The molecule has 0 fully saturated rings. The van der Waals surface area contributed by atoms with E-state index in [-0.39, 0.29) is 11.6 Å². The second-order valence-corrected chi connectivity index (χ2v) is 6.57. The van der Waals surface area contributed by atoms with Crippen LogP contribution in [0.5, 0.6) is 0 Å². The van der Waals surface area contributed by atoms with Gasteiger partial charge in [-0.25, -0.2) is 9.97 Å². The number of fused-ring (bicyclic) bond motifs is 1. The van der Waals surface area contributed by atoms with E-state index in [0.29, 0.717) is 41.6 Å². The molecule has 0 bridgehead atoms. The van der Waals surface area contributed by atoms with Gasteiger partial charge in [0.25, 0.3) is 0 Å². The molecular formula is C19H18ClF3N4. The van der Waals surface area contributed by atoms with E-state index in [0.717, 1.165) is 18.6 Å². The number of anilines is 2. The first-order chi connectivity index (χ1) is 12.8. The van der Waals surface area contributed by atoms with Gasteiger partial charge in [0.2, 0.25) is 0 Å². The summed E-state index contributed by atoms with van der Waals surface area (Å²) < 4.78 is 39.2. The Labute approximate surface area is 160 Å². The number of nitrogens with zero attached hydrogens (tertiary/aromatic N) is 3. The first kappa shape index (κ1) is 19.2. The van der Waals surface area contributed by atoms with Crippen molar-refractivity contribution in [3.05, 3.63) is 65.5 Å². The number of alkyl halides is 3. The van der Waals surface area contributed by atoms with Crippen molar-refractivity contribution in [2.24, 2.45) is 0 Å². The fraction of sp³-hybridized carbons (Fsp3) is 0.263. The maximum absolute atomic E-state index is 13.1. The number of aromatic nitrogens is 2. The number of rotatable bonds is 4. The fourth-order valence-electron chi connectivity index (χ4n) is 2.80. The Kier molecular flexibility index (Phi) is 5.41. The van der Waals surface area contributed by atoms with Gasteiger partial charge < -0.3 is 10.2 Å². The van der Waals surface area contributed by atoms with Crippen molar-refractivity contribution in [2.75, 3.05) is 23.3 Å². The van der Waals surface area contributed by atoms with E-state index in [1.54, 1.807) is 12.3 Å². The summed E-state index contributed by atoms with van der Waals surface area (Å²) in [5.74, 6) is 1.14. The average molecular weight is 395 g/mol. The van der Waals surface area contributed by atoms with Crippen molar-refractivity contribution >= 4 is 28.8 Å². The minimum Gasteiger partial charge on any atom is -0.367 e. The van der Waals surface area contributed by atoms with Crippen LogP contribution in [0.4, 0.5) is 24.8 Å². The standard InChI is InChI=1S/C19H18ClF3N4/c1-3-12(2)16-10-25-17-18(26-16)27(8-4-7-24-17)11-13-9-14(19(21,22)23)5-6-15(13)20/h3,5-6,9-10H,1-2,4,7-8,11H2,(H,24,25). The molecule has 0 saturated carbocycles. The first-order valence-electron chi connectivity index (χ1n) is 8.33. The highest BCUT2D eigenvalue weighted by atomic mass is 35.5. The highest BCUT2D eigenvalue weighted by Crippen LogP contribution is 2.34. The maximum atomic E-state index is 13.1. The molecule has 0 unspecified atom stereocenters. The lowest BCUT2D eigenvalue weighted by molar-refractivity contribution is -0.137. The van der Waals surface area contributed by atoms with Crippen LogP contribution in [-0.2, 0) is 12.7 Å². The van der Waals surface area contributed by atoms with Crippen LogP contribution in [0.15, 0.2) is 43.6 Å². The molecule has 0 atom stereocenters. The van der Waals surface area contributed by atoms with Gasteiger partial charge in [-0.1, -0.05) is 30.8 Å². The van der Waals surface area contributed by atoms with Crippen LogP contribution in [0.3, 0.4) is 0 Å². The first-order valence-corrected chi connectivity index (χ1v) is 8.70. The van der Waals surface area contributed by atoms with Gasteiger partial charge in [0.15, 0.2) is 11.6 Å². The third-order valence-electron chi connectivity index (χ3n) is 4.26. The summed E-state index contributed by atoms with van der Waals surface area (Å²) in [4.78, 5) is 10.8. The van der Waals surface area contributed by atoms with Gasteiger partial charge in [0.05, 0.1) is 17.5 Å². The fourth-order valence-corrected chi connectivity index (χ4v) is 2.98. The molecule has 1 aliphatic heterocycles. The molecule has 142 valence electrons. The van der Waals surface area contributed by atoms with Crippen molar-refractivity contribution in [3.8, 4) is 0 Å². The molecule has 0 radical (unpaired) electrons. The number of nitrogens with one attached hydrogen (secondary N) is 1. The zero-order valence-corrected chi connectivity index (χ0v) is 15.2. The summed E-state index contributed by atoms with van der Waals surface area (Å²) in [5, 5.41) is 3.47. The number of hydrogen-bond acceptors (Lipinski definition) is 4. The Balaban J connectivity index is 1.99. The summed E-state index contributed by atoms with van der Waals surface area (Å²) in [7, 11) is 0. The maximum Gasteiger partial charge on any atom is 0.416 e. The predicted molar refractivity (Wildman–Crippen MR) is 102 cm³/mol. The summed E-state index contributed by atoms with van der Waals surface area (Å²) >= 11 is 6.16. The van der Waals surface area contributed by atoms with E-state index in [1.807, 2.05) is 4.90 Å². The van der Waals surface area contributed by atoms with Gasteiger partial charge in [-0.15, -0.1) is 0 Å². The molecule has 0 aliphatic carbocycles. The van der Waals surface area contributed by atoms with Crippen molar-refractivity contribution in [2.45, 2.75) is 19.1 Å². The number of allylic oxidation sites excluding steroid dienone is 2. The van der Waals surface area contributed by atoms with Gasteiger partial charge in [0, 0.05) is 24.7 Å². The lowest BCUT2D eigenvalue weighted by Gasteiger charge is -2.24. The molecule has 1 N–H and O–H groups in total. The van der Waals surface area contributed by atoms with Crippen LogP contribution in [-0.4, -0.2) is 23.1 Å². The lowest BCUT2D eigenvalue weighted by atomic mass is 10.1. The van der Waals surface area contributed by atoms with E-state index >= 15 is 0 Å². The zero-order valence-electron chi connectivity index (χ0n) is 14.5. The van der Waals surface area contributed by atoms with Gasteiger partial charge in [-0.2, -0.15) is 13.2 Å². The van der Waals surface area contributed by atoms with Crippen LogP contribution in [0.1, 0.15) is 23.2 Å². The minimum absolute atomic E-state index is 0.191. The number of benzene rings is 1. The Morgan fingerprint density at radius 2 is 2.15 bits per heavy atom. The molecule has 0 amide bonds. The quantitative estimate of drug-likeness (QED) is 0.726. The summed E-state index contributed by atoms with van der Waals surface area (Å²) in [6.45, 7) is 9.03. The van der Waals surface area contributed by atoms with E-state index < -0.39 is 11.7 Å². The van der Waals surface area contributed by atoms with E-state index in [4.69, 9.17) is 11.6 Å². The molecule has 4 nitrogen and oxygen atoms in total. The molecule has 0 saturated heterocycles. The molecule has 1 aromatic heterocycles. The summed E-state index contributed by atoms with van der Waals surface area (Å²) in [6, 6.07) is 3.34. The van der Waals surface area contributed by atoms with Gasteiger partial charge in [0.1, 0.15) is 0 Å². The van der Waals surface area contributed by atoms with Gasteiger partial charge >= 0.3 is 6.18 Å². The Morgan fingerprint density at radius 3 is 2.85 bits per heavy atom. The highest BCUT2D eigenvalue weighted by Gasteiger charge is 2.31. The molecule has 1 aliphatic rings. The Morgan fingerprint density at radius 1 is 1.37 bits per heavy atom. The van der Waals surface area contributed by atoms with Crippen LogP contribution in [0.2, 0.25) is 5.02 Å². The Bertz CT molecular complexity index is 880. The monoisotopic (exact) mass is 394 g/mol. The molecule has 8 heteroatoms. The minimum atomic E-state index is -4.42. The summed E-state index contributed by atoms with van der Waals surface area (Å²) in [6.07, 6.45) is -0.468. The molecule has 1 aromatic carbocycles. The highest BCUT2D eigenvalue weighted by molar-refractivity contribution is 6.31. The van der Waals surface area contributed by atoms with Crippen LogP contribution < -0.4 is 10.2 Å². The molecule has 27 heavy (non-hydrogen) atoms.